The van der Waals surface area contributed by atoms with E-state index in [1.165, 1.54) is 0 Å². The van der Waals surface area contributed by atoms with Gasteiger partial charge in [0, 0.05) is 6.42 Å². The summed E-state index contributed by atoms with van der Waals surface area (Å²) in [5, 5.41) is 1.24. The summed E-state index contributed by atoms with van der Waals surface area (Å²) in [7, 11) is 0. The third kappa shape index (κ3) is 3.32. The molecule has 1 rings (SSSR count). The molecule has 0 unspecified atom stereocenters. The van der Waals surface area contributed by atoms with Crippen LogP contribution in [-0.2, 0) is 11.2 Å². The van der Waals surface area contributed by atoms with E-state index in [1.807, 2.05) is 12.1 Å². The second-order valence-corrected chi connectivity index (χ2v) is 3.91. The van der Waals surface area contributed by atoms with E-state index in [2.05, 4.69) is 0 Å². The minimum atomic E-state index is 0.597. The van der Waals surface area contributed by atoms with Crippen molar-refractivity contribution < 1.29 is 4.79 Å². The van der Waals surface area contributed by atoms with Crippen LogP contribution in [0.3, 0.4) is 0 Å². The molecule has 1 aromatic rings. The first-order valence-corrected chi connectivity index (χ1v) is 5.38. The summed E-state index contributed by atoms with van der Waals surface area (Å²) in [5.41, 5.74) is 1.06. The van der Waals surface area contributed by atoms with Crippen LogP contribution in [0.25, 0.3) is 0 Å². The number of hydrogen-bond acceptors (Lipinski definition) is 1. The van der Waals surface area contributed by atoms with Gasteiger partial charge in [0.2, 0.25) is 0 Å². The average molecular weight is 231 g/mol. The van der Waals surface area contributed by atoms with E-state index in [0.29, 0.717) is 16.5 Å². The summed E-state index contributed by atoms with van der Waals surface area (Å²) in [5.74, 6) is 0. The predicted octanol–water partition coefficient (Wildman–Crippen LogP) is 3.91. The fraction of sp³-hybridized carbons (Fsp3) is 0.364. The first-order chi connectivity index (χ1) is 6.75. The summed E-state index contributed by atoms with van der Waals surface area (Å²) in [6.07, 6.45) is 4.33. The molecular formula is C11H12Cl2O. The lowest BCUT2D eigenvalue weighted by Crippen LogP contribution is -1.88. The molecule has 0 N–H and O–H groups in total. The molecule has 0 aliphatic rings. The van der Waals surface area contributed by atoms with Gasteiger partial charge >= 0.3 is 0 Å². The quantitative estimate of drug-likeness (QED) is 0.554. The number of benzene rings is 1. The molecular weight excluding hydrogens is 219 g/mol. The third-order valence-corrected chi connectivity index (χ3v) is 2.91. The average Bonchev–Trinajstić information content (AvgIpc) is 2.19. The van der Waals surface area contributed by atoms with Crippen molar-refractivity contribution >= 4 is 29.5 Å². The highest BCUT2D eigenvalue weighted by atomic mass is 35.5. The summed E-state index contributed by atoms with van der Waals surface area (Å²) in [4.78, 5) is 10.1. The molecule has 0 heterocycles. The molecule has 1 aromatic carbocycles. The minimum absolute atomic E-state index is 0.597. The number of halogens is 2. The molecule has 3 heteroatoms. The number of carbonyl (C=O) groups excluding carboxylic acids is 1. The predicted molar refractivity (Wildman–Crippen MR) is 60.1 cm³/mol. The zero-order valence-corrected chi connectivity index (χ0v) is 9.31. The van der Waals surface area contributed by atoms with E-state index in [1.54, 1.807) is 6.07 Å². The Bertz CT molecular complexity index is 310. The van der Waals surface area contributed by atoms with Crippen molar-refractivity contribution in [2.75, 3.05) is 0 Å². The number of unbranched alkanes of at least 4 members (excludes halogenated alkanes) is 2. The molecule has 0 bridgehead atoms. The molecule has 0 fully saturated rings. The number of carbonyl (C=O) groups is 1. The molecule has 0 radical (unpaired) electrons. The van der Waals surface area contributed by atoms with E-state index >= 15 is 0 Å². The maximum atomic E-state index is 10.1. The second kappa shape index (κ2) is 6.05. The van der Waals surface area contributed by atoms with Crippen LogP contribution in [0.4, 0.5) is 0 Å². The lowest BCUT2D eigenvalue weighted by Gasteiger charge is -2.04. The second-order valence-electron chi connectivity index (χ2n) is 3.13. The lowest BCUT2D eigenvalue weighted by molar-refractivity contribution is -0.107. The Kier molecular flexibility index (Phi) is 4.99. The summed E-state index contributed by atoms with van der Waals surface area (Å²) >= 11 is 11.9. The van der Waals surface area contributed by atoms with Crippen LogP contribution in [0.15, 0.2) is 18.2 Å². The van der Waals surface area contributed by atoms with E-state index in [0.717, 1.165) is 31.1 Å². The van der Waals surface area contributed by atoms with Crippen molar-refractivity contribution in [3.05, 3.63) is 33.8 Å². The van der Waals surface area contributed by atoms with Gasteiger partial charge in [-0.1, -0.05) is 35.3 Å². The van der Waals surface area contributed by atoms with Gasteiger partial charge in [-0.2, -0.15) is 0 Å². The smallest absolute Gasteiger partial charge is 0.119 e. The fourth-order valence-electron chi connectivity index (χ4n) is 1.28. The molecule has 0 aliphatic carbocycles. The zero-order chi connectivity index (χ0) is 10.4. The Morgan fingerprint density at radius 1 is 1.21 bits per heavy atom. The van der Waals surface area contributed by atoms with Crippen molar-refractivity contribution in [3.8, 4) is 0 Å². The van der Waals surface area contributed by atoms with Crippen molar-refractivity contribution in [2.45, 2.75) is 25.7 Å². The lowest BCUT2D eigenvalue weighted by atomic mass is 10.1. The molecule has 0 saturated carbocycles. The van der Waals surface area contributed by atoms with Crippen molar-refractivity contribution in [3.63, 3.8) is 0 Å². The van der Waals surface area contributed by atoms with Gasteiger partial charge in [-0.15, -0.1) is 0 Å². The van der Waals surface area contributed by atoms with Gasteiger partial charge in [0.1, 0.15) is 6.29 Å². The molecule has 0 spiro atoms. The van der Waals surface area contributed by atoms with Gasteiger partial charge in [-0.25, -0.2) is 0 Å². The summed E-state index contributed by atoms with van der Waals surface area (Å²) in [6, 6.07) is 5.64. The zero-order valence-electron chi connectivity index (χ0n) is 7.80. The maximum absolute atomic E-state index is 10.1. The number of aryl methyl sites for hydroxylation is 1. The van der Waals surface area contributed by atoms with Gasteiger partial charge in [0.25, 0.3) is 0 Å². The standard InChI is InChI=1S/C11H12Cl2O/c12-10-7-4-6-9(11(10)13)5-2-1-3-8-14/h4,6-8H,1-3,5H2. The van der Waals surface area contributed by atoms with Gasteiger partial charge in [0.05, 0.1) is 10.0 Å². The molecule has 0 amide bonds. The first-order valence-electron chi connectivity index (χ1n) is 4.62. The van der Waals surface area contributed by atoms with E-state index < -0.39 is 0 Å². The Morgan fingerprint density at radius 3 is 2.71 bits per heavy atom. The monoisotopic (exact) mass is 230 g/mol. The minimum Gasteiger partial charge on any atom is -0.303 e. The van der Waals surface area contributed by atoms with Crippen molar-refractivity contribution in [2.24, 2.45) is 0 Å². The summed E-state index contributed by atoms with van der Waals surface area (Å²) < 4.78 is 0. The summed E-state index contributed by atoms with van der Waals surface area (Å²) in [6.45, 7) is 0. The highest BCUT2D eigenvalue weighted by molar-refractivity contribution is 6.42. The van der Waals surface area contributed by atoms with Gasteiger partial charge in [-0.3, -0.25) is 0 Å². The van der Waals surface area contributed by atoms with Crippen LogP contribution in [0, 0.1) is 0 Å². The van der Waals surface area contributed by atoms with Crippen LogP contribution in [0.5, 0.6) is 0 Å². The van der Waals surface area contributed by atoms with Crippen LogP contribution in [0.1, 0.15) is 24.8 Å². The first kappa shape index (κ1) is 11.5. The highest BCUT2D eigenvalue weighted by Gasteiger charge is 2.03. The molecule has 0 aliphatic heterocycles. The Morgan fingerprint density at radius 2 is 2.00 bits per heavy atom. The fourth-order valence-corrected chi connectivity index (χ4v) is 1.70. The van der Waals surface area contributed by atoms with Crippen molar-refractivity contribution in [1.82, 2.24) is 0 Å². The molecule has 1 nitrogen and oxygen atoms in total. The number of hydrogen-bond donors (Lipinski definition) is 0. The molecule has 0 aromatic heterocycles. The molecule has 76 valence electrons. The maximum Gasteiger partial charge on any atom is 0.119 e. The Hall–Kier alpha value is -0.530. The highest BCUT2D eigenvalue weighted by Crippen LogP contribution is 2.26. The third-order valence-electron chi connectivity index (χ3n) is 2.05. The van der Waals surface area contributed by atoms with Gasteiger partial charge in [-0.05, 0) is 30.9 Å². The number of rotatable bonds is 5. The Labute approximate surface area is 94.0 Å². The van der Waals surface area contributed by atoms with Crippen LogP contribution >= 0.6 is 23.2 Å². The van der Waals surface area contributed by atoms with Crippen LogP contribution in [-0.4, -0.2) is 6.29 Å². The topological polar surface area (TPSA) is 17.1 Å². The number of aldehydes is 1. The molecule has 14 heavy (non-hydrogen) atoms. The van der Waals surface area contributed by atoms with Crippen molar-refractivity contribution in [1.29, 1.82) is 0 Å². The van der Waals surface area contributed by atoms with E-state index in [9.17, 15) is 4.79 Å². The van der Waals surface area contributed by atoms with E-state index in [4.69, 9.17) is 23.2 Å². The normalized spacial score (nSPS) is 10.1. The van der Waals surface area contributed by atoms with E-state index in [-0.39, 0.29) is 0 Å². The van der Waals surface area contributed by atoms with Gasteiger partial charge < -0.3 is 4.79 Å². The molecule has 0 atom stereocenters. The largest absolute Gasteiger partial charge is 0.303 e. The molecule has 0 saturated heterocycles. The van der Waals surface area contributed by atoms with Crippen LogP contribution < -0.4 is 0 Å². The van der Waals surface area contributed by atoms with Crippen LogP contribution in [0.2, 0.25) is 10.0 Å². The van der Waals surface area contributed by atoms with Gasteiger partial charge in [0.15, 0.2) is 0 Å². The SMILES string of the molecule is O=CCCCCc1cccc(Cl)c1Cl. The Balaban J connectivity index is 2.50.